The molecule has 3 N–H and O–H groups in total. The van der Waals surface area contributed by atoms with E-state index < -0.39 is 0 Å². The summed E-state index contributed by atoms with van der Waals surface area (Å²) < 4.78 is 12.9. The molecule has 0 bridgehead atoms. The Morgan fingerprint density at radius 2 is 1.75 bits per heavy atom. The fourth-order valence-corrected chi connectivity index (χ4v) is 11.2. The van der Waals surface area contributed by atoms with E-state index in [0.717, 1.165) is 75.7 Å². The van der Waals surface area contributed by atoms with Gasteiger partial charge in [-0.05, 0) is 117 Å². The number of unbranched alkanes of at least 4 members (excludes halogenated alkanes) is 8. The Hall–Kier alpha value is -0.910. The van der Waals surface area contributed by atoms with Gasteiger partial charge < -0.3 is 20.3 Å². The summed E-state index contributed by atoms with van der Waals surface area (Å²) in [4.78, 5) is 12.7. The van der Waals surface area contributed by atoms with Gasteiger partial charge in [-0.1, -0.05) is 84.3 Å². The highest BCUT2D eigenvalue weighted by Crippen LogP contribution is 2.69. The highest BCUT2D eigenvalue weighted by atomic mass is 16.5. The predicted octanol–water partition coefficient (Wildman–Crippen LogP) is 8.76. The van der Waals surface area contributed by atoms with Crippen LogP contribution in [-0.4, -0.2) is 42.5 Å². The second kappa shape index (κ2) is 15.3. The zero-order valence-corrected chi connectivity index (χ0v) is 28.9. The maximum Gasteiger partial charge on any atom is 0.306 e. The summed E-state index contributed by atoms with van der Waals surface area (Å²) in [5.41, 5.74) is 7.83. The van der Waals surface area contributed by atoms with E-state index >= 15 is 0 Å². The van der Waals surface area contributed by atoms with Crippen LogP contribution in [0.2, 0.25) is 0 Å². The van der Waals surface area contributed by atoms with Gasteiger partial charge in [0.05, 0.1) is 12.2 Å². The number of aliphatic hydroxyl groups excluding tert-OH is 1. The molecule has 5 heteroatoms. The Morgan fingerprint density at radius 1 is 1.05 bits per heavy atom. The smallest absolute Gasteiger partial charge is 0.306 e. The van der Waals surface area contributed by atoms with Crippen LogP contribution in [0.1, 0.15) is 150 Å². The van der Waals surface area contributed by atoms with Gasteiger partial charge in [-0.25, -0.2) is 0 Å². The SMILES string of the molecule is C[C@@H](CO)CCC1O[C@H]2C[C@H]3[C@@H]4CC=C5C[C@@H](OC(=O)CCCCCCCCCCCN)CC[C@]5(C)[C@H]4CC[C@]3(C)[C@H]2[C@@H]1C. The van der Waals surface area contributed by atoms with E-state index in [1.165, 1.54) is 64.2 Å². The molecule has 5 aliphatic rings. The van der Waals surface area contributed by atoms with E-state index in [4.69, 9.17) is 15.2 Å². The Labute approximate surface area is 269 Å². The van der Waals surface area contributed by atoms with E-state index in [-0.39, 0.29) is 24.1 Å². The molecule has 1 aliphatic heterocycles. The summed E-state index contributed by atoms with van der Waals surface area (Å²) in [6.45, 7) is 10.9. The zero-order valence-electron chi connectivity index (χ0n) is 28.9. The highest BCUT2D eigenvalue weighted by Gasteiger charge is 2.65. The third-order valence-electron chi connectivity index (χ3n) is 13.8. The standard InChI is InChI=1S/C39H67NO4/c1-27(26-41)15-18-34-28(2)37-35(44-34)25-33-31-17-16-29-24-30(19-21-38(29,3)32(31)20-22-39(33,37)4)43-36(42)14-12-10-8-6-5-7-9-11-13-23-40/h16,27-28,30-35,37,41H,5-15,17-26,40H2,1-4H3/t27-,28-,30+,31-,32+,33+,34?,35+,37+,38+,39+/m1/s1. The van der Waals surface area contributed by atoms with Crippen molar-refractivity contribution < 1.29 is 19.4 Å². The van der Waals surface area contributed by atoms with Crippen molar-refractivity contribution in [3.63, 3.8) is 0 Å². The third-order valence-corrected chi connectivity index (χ3v) is 13.8. The van der Waals surface area contributed by atoms with Crippen LogP contribution in [0.15, 0.2) is 11.6 Å². The number of hydrogen-bond acceptors (Lipinski definition) is 5. The van der Waals surface area contributed by atoms with Crippen LogP contribution in [-0.2, 0) is 14.3 Å². The van der Waals surface area contributed by atoms with E-state index in [0.29, 0.717) is 41.8 Å². The molecular weight excluding hydrogens is 546 g/mol. The number of esters is 1. The van der Waals surface area contributed by atoms with Gasteiger partial charge in [0.25, 0.3) is 0 Å². The molecule has 11 atom stereocenters. The molecule has 1 saturated heterocycles. The first-order chi connectivity index (χ1) is 21.2. The van der Waals surface area contributed by atoms with Gasteiger partial charge in [0.15, 0.2) is 0 Å². The van der Waals surface area contributed by atoms with Gasteiger partial charge in [-0.2, -0.15) is 0 Å². The van der Waals surface area contributed by atoms with Crippen molar-refractivity contribution in [1.82, 2.24) is 0 Å². The number of allylic oxidation sites excluding steroid dienone is 1. The minimum absolute atomic E-state index is 0.0267. The van der Waals surface area contributed by atoms with E-state index in [1.807, 2.05) is 0 Å². The Balaban J connectivity index is 1.08. The lowest BCUT2D eigenvalue weighted by atomic mass is 9.47. The van der Waals surface area contributed by atoms with Gasteiger partial charge in [-0.15, -0.1) is 0 Å². The number of ether oxygens (including phenoxy) is 2. The highest BCUT2D eigenvalue weighted by molar-refractivity contribution is 5.69. The summed E-state index contributed by atoms with van der Waals surface area (Å²) in [6.07, 6.45) is 25.5. The largest absolute Gasteiger partial charge is 0.462 e. The topological polar surface area (TPSA) is 81.8 Å². The maximum absolute atomic E-state index is 12.7. The Bertz CT molecular complexity index is 966. The molecule has 4 aliphatic carbocycles. The average Bonchev–Trinajstić information content (AvgIpc) is 3.49. The molecule has 0 aromatic rings. The van der Waals surface area contributed by atoms with E-state index in [2.05, 4.69) is 33.8 Å². The summed E-state index contributed by atoms with van der Waals surface area (Å²) in [5.74, 6) is 3.98. The molecule has 3 saturated carbocycles. The van der Waals surface area contributed by atoms with Crippen molar-refractivity contribution in [1.29, 1.82) is 0 Å². The number of aliphatic hydroxyl groups is 1. The molecule has 0 radical (unpaired) electrons. The van der Waals surface area contributed by atoms with Crippen molar-refractivity contribution >= 4 is 5.97 Å². The van der Waals surface area contributed by atoms with Gasteiger partial charge in [0.1, 0.15) is 6.10 Å². The Kier molecular flexibility index (Phi) is 12.0. The average molecular weight is 614 g/mol. The fraction of sp³-hybridized carbons (Fsp3) is 0.923. The Morgan fingerprint density at radius 3 is 2.45 bits per heavy atom. The van der Waals surface area contributed by atoms with Crippen LogP contribution < -0.4 is 5.73 Å². The number of carbonyl (C=O) groups excluding carboxylic acids is 1. The zero-order chi connectivity index (χ0) is 31.3. The van der Waals surface area contributed by atoms with E-state index in [1.54, 1.807) is 5.57 Å². The number of rotatable bonds is 16. The predicted molar refractivity (Wildman–Crippen MR) is 179 cm³/mol. The second-order valence-corrected chi connectivity index (χ2v) is 16.6. The van der Waals surface area contributed by atoms with Crippen LogP contribution >= 0.6 is 0 Å². The lowest BCUT2D eigenvalue weighted by molar-refractivity contribution is -0.151. The lowest BCUT2D eigenvalue weighted by Crippen LogP contribution is -2.51. The normalized spacial score (nSPS) is 40.0. The summed E-state index contributed by atoms with van der Waals surface area (Å²) >= 11 is 0. The number of nitrogens with two attached hydrogens (primary N) is 1. The summed E-state index contributed by atoms with van der Waals surface area (Å²) in [6, 6.07) is 0. The summed E-state index contributed by atoms with van der Waals surface area (Å²) in [7, 11) is 0. The number of carbonyl (C=O) groups is 1. The molecule has 0 spiro atoms. The maximum atomic E-state index is 12.7. The molecule has 1 heterocycles. The van der Waals surface area contributed by atoms with Crippen LogP contribution in [0, 0.1) is 46.3 Å². The van der Waals surface area contributed by atoms with Crippen molar-refractivity contribution in [3.05, 3.63) is 11.6 Å². The first-order valence-corrected chi connectivity index (χ1v) is 19.1. The quantitative estimate of drug-likeness (QED) is 0.103. The fourth-order valence-electron chi connectivity index (χ4n) is 11.2. The lowest BCUT2D eigenvalue weighted by Gasteiger charge is -2.58. The monoisotopic (exact) mass is 614 g/mol. The molecule has 4 fully saturated rings. The molecule has 5 rings (SSSR count). The van der Waals surface area contributed by atoms with E-state index in [9.17, 15) is 9.90 Å². The second-order valence-electron chi connectivity index (χ2n) is 16.6. The third kappa shape index (κ3) is 7.30. The number of fused-ring (bicyclic) bond motifs is 7. The molecule has 0 aromatic carbocycles. The van der Waals surface area contributed by atoms with Gasteiger partial charge >= 0.3 is 5.97 Å². The molecule has 0 amide bonds. The molecule has 1 unspecified atom stereocenters. The van der Waals surface area contributed by atoms with Gasteiger partial charge in [0.2, 0.25) is 0 Å². The van der Waals surface area contributed by atoms with Crippen LogP contribution in [0.25, 0.3) is 0 Å². The van der Waals surface area contributed by atoms with Crippen molar-refractivity contribution in [2.45, 2.75) is 168 Å². The number of hydrogen-bond donors (Lipinski definition) is 2. The van der Waals surface area contributed by atoms with Crippen molar-refractivity contribution in [3.8, 4) is 0 Å². The van der Waals surface area contributed by atoms with Crippen molar-refractivity contribution in [2.24, 2.45) is 52.1 Å². The van der Waals surface area contributed by atoms with Crippen LogP contribution in [0.3, 0.4) is 0 Å². The van der Waals surface area contributed by atoms with Crippen LogP contribution in [0.4, 0.5) is 0 Å². The van der Waals surface area contributed by atoms with Gasteiger partial charge in [-0.3, -0.25) is 4.79 Å². The minimum atomic E-state index is 0.0267. The van der Waals surface area contributed by atoms with Gasteiger partial charge in [0, 0.05) is 19.4 Å². The summed E-state index contributed by atoms with van der Waals surface area (Å²) in [5, 5.41) is 9.51. The first kappa shape index (κ1) is 34.4. The molecule has 0 aromatic heterocycles. The minimum Gasteiger partial charge on any atom is -0.462 e. The van der Waals surface area contributed by atoms with Crippen LogP contribution in [0.5, 0.6) is 0 Å². The molecule has 44 heavy (non-hydrogen) atoms. The first-order valence-electron chi connectivity index (χ1n) is 19.1. The van der Waals surface area contributed by atoms with Crippen molar-refractivity contribution in [2.75, 3.05) is 13.2 Å². The molecular formula is C39H67NO4. The molecule has 5 nitrogen and oxygen atoms in total. The molecule has 252 valence electrons.